The third kappa shape index (κ3) is 11.2. The number of rotatable bonds is 18. The minimum absolute atomic E-state index is 0.0501. The van der Waals surface area contributed by atoms with Gasteiger partial charge in [-0.05, 0) is 18.4 Å². The van der Waals surface area contributed by atoms with Crippen LogP contribution in [0.1, 0.15) is 59.4 Å². The topological polar surface area (TPSA) is 57.2 Å². The number of aliphatic hydroxyl groups excluding tert-OH is 1. The van der Waals surface area contributed by atoms with Crippen LogP contribution < -0.4 is 0 Å². The molecule has 0 bridgehead atoms. The van der Waals surface area contributed by atoms with Crippen LogP contribution in [0.2, 0.25) is 0 Å². The SMILES string of the molecule is CCCOC(CC)CC(OC)C(C)/C=C/C(O)C(C)C(OC)C(C)COCc1ccccc1. The summed E-state index contributed by atoms with van der Waals surface area (Å²) in [5, 5.41) is 10.8. The smallest absolute Gasteiger partial charge is 0.0771 e. The van der Waals surface area contributed by atoms with E-state index < -0.39 is 6.10 Å². The van der Waals surface area contributed by atoms with Gasteiger partial charge < -0.3 is 24.1 Å². The summed E-state index contributed by atoms with van der Waals surface area (Å²) in [5.74, 6) is 0.261. The number of hydrogen-bond acceptors (Lipinski definition) is 5. The van der Waals surface area contributed by atoms with Gasteiger partial charge in [-0.15, -0.1) is 0 Å². The molecule has 7 atom stereocenters. The molecule has 5 heteroatoms. The van der Waals surface area contributed by atoms with E-state index in [0.29, 0.717) is 13.2 Å². The molecular weight excluding hydrogens is 416 g/mol. The molecular formula is C28H48O5. The molecule has 0 aliphatic carbocycles. The summed E-state index contributed by atoms with van der Waals surface area (Å²) < 4.78 is 23.4. The molecule has 0 amide bonds. The van der Waals surface area contributed by atoms with Crippen molar-refractivity contribution in [1.82, 2.24) is 0 Å². The third-order valence-electron chi connectivity index (χ3n) is 6.39. The Balaban J connectivity index is 2.59. The minimum Gasteiger partial charge on any atom is -0.389 e. The highest BCUT2D eigenvalue weighted by Crippen LogP contribution is 2.23. The molecule has 0 heterocycles. The van der Waals surface area contributed by atoms with E-state index in [4.69, 9.17) is 18.9 Å². The molecule has 33 heavy (non-hydrogen) atoms. The minimum atomic E-state index is -0.607. The van der Waals surface area contributed by atoms with E-state index >= 15 is 0 Å². The van der Waals surface area contributed by atoms with E-state index in [-0.39, 0.29) is 36.1 Å². The Morgan fingerprint density at radius 1 is 0.970 bits per heavy atom. The fraction of sp³-hybridized carbons (Fsp3) is 0.714. The predicted octanol–water partition coefficient (Wildman–Crippen LogP) is 5.65. The van der Waals surface area contributed by atoms with Crippen molar-refractivity contribution in [3.8, 4) is 0 Å². The predicted molar refractivity (Wildman–Crippen MR) is 135 cm³/mol. The Morgan fingerprint density at radius 3 is 2.24 bits per heavy atom. The molecule has 0 saturated heterocycles. The van der Waals surface area contributed by atoms with Gasteiger partial charge in [-0.1, -0.05) is 77.1 Å². The van der Waals surface area contributed by atoms with Gasteiger partial charge in [0.05, 0.1) is 37.6 Å². The molecule has 1 rings (SSSR count). The van der Waals surface area contributed by atoms with E-state index in [9.17, 15) is 5.11 Å². The van der Waals surface area contributed by atoms with Crippen LogP contribution in [-0.2, 0) is 25.6 Å². The van der Waals surface area contributed by atoms with Crippen LogP contribution in [0.3, 0.4) is 0 Å². The van der Waals surface area contributed by atoms with Crippen molar-refractivity contribution in [2.24, 2.45) is 17.8 Å². The van der Waals surface area contributed by atoms with Gasteiger partial charge in [0.25, 0.3) is 0 Å². The quantitative estimate of drug-likeness (QED) is 0.284. The maximum Gasteiger partial charge on any atom is 0.0771 e. The van der Waals surface area contributed by atoms with E-state index in [2.05, 4.69) is 45.9 Å². The largest absolute Gasteiger partial charge is 0.389 e. The van der Waals surface area contributed by atoms with Crippen LogP contribution in [0.4, 0.5) is 0 Å². The van der Waals surface area contributed by atoms with Crippen LogP contribution in [-0.4, -0.2) is 57.0 Å². The van der Waals surface area contributed by atoms with Crippen LogP contribution in [0.25, 0.3) is 0 Å². The average Bonchev–Trinajstić information content (AvgIpc) is 2.83. The van der Waals surface area contributed by atoms with E-state index in [1.54, 1.807) is 14.2 Å². The lowest BCUT2D eigenvalue weighted by Crippen LogP contribution is -2.37. The molecule has 1 aromatic carbocycles. The second-order valence-corrected chi connectivity index (χ2v) is 9.18. The van der Waals surface area contributed by atoms with Crippen molar-refractivity contribution in [3.05, 3.63) is 48.0 Å². The van der Waals surface area contributed by atoms with Gasteiger partial charge in [0, 0.05) is 45.0 Å². The molecule has 7 unspecified atom stereocenters. The van der Waals surface area contributed by atoms with Gasteiger partial charge in [-0.25, -0.2) is 0 Å². The summed E-state index contributed by atoms with van der Waals surface area (Å²) >= 11 is 0. The van der Waals surface area contributed by atoms with Crippen molar-refractivity contribution >= 4 is 0 Å². The monoisotopic (exact) mass is 464 g/mol. The normalized spacial score (nSPS) is 18.5. The molecule has 0 aliphatic rings. The number of methoxy groups -OCH3 is 2. The highest BCUT2D eigenvalue weighted by atomic mass is 16.5. The van der Waals surface area contributed by atoms with Crippen molar-refractivity contribution in [2.75, 3.05) is 27.4 Å². The molecule has 1 aromatic rings. The first kappa shape index (κ1) is 29.8. The van der Waals surface area contributed by atoms with Gasteiger partial charge in [0.2, 0.25) is 0 Å². The average molecular weight is 465 g/mol. The van der Waals surface area contributed by atoms with Crippen molar-refractivity contribution < 1.29 is 24.1 Å². The lowest BCUT2D eigenvalue weighted by atomic mass is 9.88. The standard InChI is InChI=1S/C28H48O5/c1-8-17-33-25(9-2)18-27(30-6)21(3)15-16-26(29)23(5)28(31-7)22(4)19-32-20-24-13-11-10-12-14-24/h10-16,21-23,25-29H,8-9,17-20H2,1-7H3/b16-15+. The Morgan fingerprint density at radius 2 is 1.67 bits per heavy atom. The van der Waals surface area contributed by atoms with Crippen molar-refractivity contribution in [3.63, 3.8) is 0 Å². The lowest BCUT2D eigenvalue weighted by molar-refractivity contribution is -0.0474. The van der Waals surface area contributed by atoms with Crippen LogP contribution in [0, 0.1) is 17.8 Å². The molecule has 1 N–H and O–H groups in total. The van der Waals surface area contributed by atoms with E-state index in [1.807, 2.05) is 31.2 Å². The van der Waals surface area contributed by atoms with Gasteiger partial charge >= 0.3 is 0 Å². The summed E-state index contributed by atoms with van der Waals surface area (Å²) in [5.41, 5.74) is 1.15. The summed E-state index contributed by atoms with van der Waals surface area (Å²) in [6.07, 6.45) is 6.31. The summed E-state index contributed by atoms with van der Waals surface area (Å²) in [6, 6.07) is 10.1. The Kier molecular flexibility index (Phi) is 15.6. The Labute approximate surface area is 202 Å². The number of benzene rings is 1. The van der Waals surface area contributed by atoms with Gasteiger partial charge in [-0.2, -0.15) is 0 Å². The van der Waals surface area contributed by atoms with Crippen LogP contribution >= 0.6 is 0 Å². The highest BCUT2D eigenvalue weighted by Gasteiger charge is 2.28. The van der Waals surface area contributed by atoms with E-state index in [0.717, 1.165) is 31.4 Å². The van der Waals surface area contributed by atoms with Gasteiger partial charge in [-0.3, -0.25) is 0 Å². The number of ether oxygens (including phenoxy) is 4. The summed E-state index contributed by atoms with van der Waals surface area (Å²) in [4.78, 5) is 0. The second-order valence-electron chi connectivity index (χ2n) is 9.18. The van der Waals surface area contributed by atoms with Crippen molar-refractivity contribution in [2.45, 2.75) is 84.9 Å². The Bertz CT molecular complexity index is 620. The molecule has 0 fully saturated rings. The molecule has 0 radical (unpaired) electrons. The molecule has 0 aromatic heterocycles. The fourth-order valence-corrected chi connectivity index (χ4v) is 4.20. The zero-order chi connectivity index (χ0) is 24.6. The second kappa shape index (κ2) is 17.2. The maximum absolute atomic E-state index is 10.8. The molecule has 0 spiro atoms. The molecule has 190 valence electrons. The first-order valence-corrected chi connectivity index (χ1v) is 12.5. The van der Waals surface area contributed by atoms with Gasteiger partial charge in [0.15, 0.2) is 0 Å². The van der Waals surface area contributed by atoms with Crippen LogP contribution in [0.5, 0.6) is 0 Å². The molecule has 5 nitrogen and oxygen atoms in total. The van der Waals surface area contributed by atoms with Gasteiger partial charge in [0.1, 0.15) is 0 Å². The van der Waals surface area contributed by atoms with E-state index in [1.165, 1.54) is 0 Å². The lowest BCUT2D eigenvalue weighted by Gasteiger charge is -2.31. The zero-order valence-electron chi connectivity index (χ0n) is 21.9. The number of hydrogen-bond donors (Lipinski definition) is 1. The summed E-state index contributed by atoms with van der Waals surface area (Å²) in [6.45, 7) is 12.5. The highest BCUT2D eigenvalue weighted by molar-refractivity contribution is 5.13. The molecule has 0 aliphatic heterocycles. The maximum atomic E-state index is 10.8. The first-order chi connectivity index (χ1) is 15.9. The van der Waals surface area contributed by atoms with Crippen molar-refractivity contribution in [1.29, 1.82) is 0 Å². The summed E-state index contributed by atoms with van der Waals surface area (Å²) in [7, 11) is 3.45. The third-order valence-corrected chi connectivity index (χ3v) is 6.39. The zero-order valence-corrected chi connectivity index (χ0v) is 21.9. The fourth-order valence-electron chi connectivity index (χ4n) is 4.20. The van der Waals surface area contributed by atoms with Crippen LogP contribution in [0.15, 0.2) is 42.5 Å². The number of aliphatic hydroxyl groups is 1. The Hall–Kier alpha value is -1.24. The first-order valence-electron chi connectivity index (χ1n) is 12.5. The molecule has 0 saturated carbocycles.